The third-order valence-corrected chi connectivity index (χ3v) is 12.7. The highest BCUT2D eigenvalue weighted by Crippen LogP contribution is 2.42. The molecule has 284 valence electrons. The first-order chi connectivity index (χ1) is 30.2. The smallest absolute Gasteiger partial charge is 0.161 e. The van der Waals surface area contributed by atoms with E-state index in [4.69, 9.17) is 19.9 Å². The quantitative estimate of drug-likeness (QED) is 0.157. The highest BCUT2D eigenvalue weighted by Gasteiger charge is 2.20. The molecule has 9 aromatic carbocycles. The van der Waals surface area contributed by atoms with Gasteiger partial charge in [0.25, 0.3) is 0 Å². The number of rotatable bonds is 6. The van der Waals surface area contributed by atoms with E-state index in [1.807, 2.05) is 24.3 Å². The predicted molar refractivity (Wildman–Crippen MR) is 256 cm³/mol. The van der Waals surface area contributed by atoms with Crippen LogP contribution in [0.25, 0.3) is 120 Å². The van der Waals surface area contributed by atoms with Crippen LogP contribution in [0.4, 0.5) is 0 Å². The van der Waals surface area contributed by atoms with Crippen molar-refractivity contribution in [3.63, 3.8) is 0 Å². The van der Waals surface area contributed by atoms with E-state index in [2.05, 4.69) is 182 Å². The fourth-order valence-corrected chi connectivity index (χ4v) is 9.86. The van der Waals surface area contributed by atoms with Crippen LogP contribution in [0.3, 0.4) is 0 Å². The Labute approximate surface area is 356 Å². The maximum Gasteiger partial charge on any atom is 0.161 e. The number of nitrogens with zero attached hydrogens (tertiary/aromatic N) is 4. The van der Waals surface area contributed by atoms with Crippen molar-refractivity contribution in [1.29, 1.82) is 0 Å². The molecule has 0 aliphatic carbocycles. The van der Waals surface area contributed by atoms with E-state index in [9.17, 15) is 0 Å². The minimum Gasteiger partial charge on any atom is -0.228 e. The molecule has 0 amide bonds. The highest BCUT2D eigenvalue weighted by molar-refractivity contribution is 7.25. The lowest BCUT2D eigenvalue weighted by atomic mass is 9.91. The average Bonchev–Trinajstić information content (AvgIpc) is 3.73. The summed E-state index contributed by atoms with van der Waals surface area (Å²) in [4.78, 5) is 22.2. The zero-order valence-corrected chi connectivity index (χ0v) is 33.6. The van der Waals surface area contributed by atoms with E-state index >= 15 is 0 Å². The van der Waals surface area contributed by atoms with Crippen molar-refractivity contribution >= 4 is 64.0 Å². The van der Waals surface area contributed by atoms with Crippen molar-refractivity contribution in [2.75, 3.05) is 0 Å². The Bertz CT molecular complexity index is 3550. The van der Waals surface area contributed by atoms with E-state index < -0.39 is 0 Å². The third kappa shape index (κ3) is 6.14. The first-order valence-electron chi connectivity index (χ1n) is 20.5. The molecule has 12 aromatic rings. The molecule has 0 unspecified atom stereocenters. The normalized spacial score (nSPS) is 11.6. The zero-order chi connectivity index (χ0) is 40.3. The Morgan fingerprint density at radius 1 is 0.279 bits per heavy atom. The summed E-state index contributed by atoms with van der Waals surface area (Å²) >= 11 is 1.71. The molecule has 0 aliphatic heterocycles. The number of benzene rings is 9. The van der Waals surface area contributed by atoms with E-state index in [1.165, 1.54) is 42.4 Å². The van der Waals surface area contributed by atoms with Crippen LogP contribution in [0.1, 0.15) is 0 Å². The van der Waals surface area contributed by atoms with Crippen molar-refractivity contribution in [3.8, 4) is 67.7 Å². The second kappa shape index (κ2) is 14.5. The van der Waals surface area contributed by atoms with Crippen LogP contribution >= 0.6 is 11.3 Å². The lowest BCUT2D eigenvalue weighted by molar-refractivity contribution is 1.18. The standard InChI is InChI=1S/C56H34N4S/c1-4-16-35(17-5-1)49-34-50(58-54(57-49)37-20-8-3-9-21-37)40-30-39(38-28-29-46-44-24-11-10-22-42(44)43-23-12-13-25-45(43)48(46)33-38)31-41(32-40)55-59-53(36-18-6-2-7-19-36)52-47-26-14-15-27-51(47)61-56(52)60-55/h1-34H. The van der Waals surface area contributed by atoms with E-state index in [1.54, 1.807) is 11.3 Å². The van der Waals surface area contributed by atoms with Crippen LogP contribution in [0.2, 0.25) is 0 Å². The van der Waals surface area contributed by atoms with Crippen molar-refractivity contribution < 1.29 is 0 Å². The molecule has 0 N–H and O–H groups in total. The molecule has 4 nitrogen and oxygen atoms in total. The van der Waals surface area contributed by atoms with Crippen LogP contribution in [-0.4, -0.2) is 19.9 Å². The molecule has 0 fully saturated rings. The van der Waals surface area contributed by atoms with Crippen molar-refractivity contribution in [1.82, 2.24) is 19.9 Å². The van der Waals surface area contributed by atoms with Crippen LogP contribution in [0.5, 0.6) is 0 Å². The topological polar surface area (TPSA) is 51.6 Å². The molecular weight excluding hydrogens is 761 g/mol. The van der Waals surface area contributed by atoms with Crippen LogP contribution in [0, 0.1) is 0 Å². The molecule has 0 spiro atoms. The van der Waals surface area contributed by atoms with Gasteiger partial charge in [0.2, 0.25) is 0 Å². The lowest BCUT2D eigenvalue weighted by Crippen LogP contribution is -1.98. The van der Waals surface area contributed by atoms with Gasteiger partial charge in [-0.2, -0.15) is 0 Å². The Hall–Kier alpha value is -7.86. The van der Waals surface area contributed by atoms with Gasteiger partial charge in [0.05, 0.1) is 17.1 Å². The van der Waals surface area contributed by atoms with Gasteiger partial charge >= 0.3 is 0 Å². The largest absolute Gasteiger partial charge is 0.228 e. The molecule has 0 atom stereocenters. The second-order valence-electron chi connectivity index (χ2n) is 15.4. The number of hydrogen-bond acceptors (Lipinski definition) is 5. The fraction of sp³-hybridized carbons (Fsp3) is 0. The summed E-state index contributed by atoms with van der Waals surface area (Å²) in [6.07, 6.45) is 0. The molecule has 0 saturated carbocycles. The Morgan fingerprint density at radius 3 is 1.44 bits per heavy atom. The van der Waals surface area contributed by atoms with Crippen LogP contribution < -0.4 is 0 Å². The lowest BCUT2D eigenvalue weighted by Gasteiger charge is -2.15. The van der Waals surface area contributed by atoms with Gasteiger partial charge in [-0.15, -0.1) is 11.3 Å². The molecule has 0 aliphatic rings. The Kier molecular flexibility index (Phi) is 8.32. The summed E-state index contributed by atoms with van der Waals surface area (Å²) in [6, 6.07) is 72.7. The van der Waals surface area contributed by atoms with Gasteiger partial charge in [0.1, 0.15) is 4.83 Å². The van der Waals surface area contributed by atoms with Gasteiger partial charge in [0, 0.05) is 43.3 Å². The summed E-state index contributed by atoms with van der Waals surface area (Å²) in [7, 11) is 0. The van der Waals surface area contributed by atoms with E-state index in [0.29, 0.717) is 11.6 Å². The van der Waals surface area contributed by atoms with Crippen LogP contribution in [0.15, 0.2) is 206 Å². The first-order valence-corrected chi connectivity index (χ1v) is 21.3. The molecule has 0 saturated heterocycles. The minimum atomic E-state index is 0.666. The summed E-state index contributed by atoms with van der Waals surface area (Å²) in [5.74, 6) is 1.33. The number of fused-ring (bicyclic) bond motifs is 9. The molecule has 5 heteroatoms. The number of thiophene rings is 1. The summed E-state index contributed by atoms with van der Waals surface area (Å²) in [5.41, 5.74) is 9.65. The van der Waals surface area contributed by atoms with Gasteiger partial charge in [0.15, 0.2) is 11.6 Å². The first kappa shape index (κ1) is 35.1. The summed E-state index contributed by atoms with van der Waals surface area (Å²) in [5, 5.41) is 9.69. The van der Waals surface area contributed by atoms with Crippen molar-refractivity contribution in [3.05, 3.63) is 206 Å². The second-order valence-corrected chi connectivity index (χ2v) is 16.4. The number of aromatic nitrogens is 4. The number of hydrogen-bond donors (Lipinski definition) is 0. The Balaban J connectivity index is 1.14. The maximum atomic E-state index is 5.45. The SMILES string of the molecule is c1ccc(-c2cc(-c3cc(-c4ccc5c6ccccc6c6ccccc6c5c4)cc(-c4nc(-c5ccccc5)c5c(n4)sc4ccccc45)c3)nc(-c3ccccc3)n2)cc1. The average molecular weight is 795 g/mol. The monoisotopic (exact) mass is 794 g/mol. The highest BCUT2D eigenvalue weighted by atomic mass is 32.1. The summed E-state index contributed by atoms with van der Waals surface area (Å²) in [6.45, 7) is 0. The molecular formula is C56H34N4S. The van der Waals surface area contributed by atoms with Gasteiger partial charge in [-0.25, -0.2) is 19.9 Å². The Morgan fingerprint density at radius 2 is 0.770 bits per heavy atom. The van der Waals surface area contributed by atoms with Crippen molar-refractivity contribution in [2.24, 2.45) is 0 Å². The molecule has 0 radical (unpaired) electrons. The molecule has 0 bridgehead atoms. The zero-order valence-electron chi connectivity index (χ0n) is 32.8. The van der Waals surface area contributed by atoms with Gasteiger partial charge < -0.3 is 0 Å². The summed E-state index contributed by atoms with van der Waals surface area (Å²) < 4.78 is 1.19. The molecule has 12 rings (SSSR count). The fourth-order valence-electron chi connectivity index (χ4n) is 8.78. The maximum absolute atomic E-state index is 5.45. The van der Waals surface area contributed by atoms with Crippen LogP contribution in [-0.2, 0) is 0 Å². The predicted octanol–water partition coefficient (Wildman–Crippen LogP) is 15.1. The van der Waals surface area contributed by atoms with Crippen molar-refractivity contribution in [2.45, 2.75) is 0 Å². The van der Waals surface area contributed by atoms with Gasteiger partial charge in [-0.05, 0) is 79.8 Å². The third-order valence-electron chi connectivity index (χ3n) is 11.7. The van der Waals surface area contributed by atoms with E-state index in [0.717, 1.165) is 66.2 Å². The van der Waals surface area contributed by atoms with E-state index in [-0.39, 0.29) is 0 Å². The molecule has 3 heterocycles. The molecule has 61 heavy (non-hydrogen) atoms. The van der Waals surface area contributed by atoms with Gasteiger partial charge in [-0.1, -0.05) is 170 Å². The minimum absolute atomic E-state index is 0.666. The molecule has 3 aromatic heterocycles. The van der Waals surface area contributed by atoms with Gasteiger partial charge in [-0.3, -0.25) is 0 Å².